The number of carbonyl (C=O) groups is 1. The van der Waals surface area contributed by atoms with Crippen molar-refractivity contribution in [3.63, 3.8) is 0 Å². The van der Waals surface area contributed by atoms with Gasteiger partial charge in [0.1, 0.15) is 6.61 Å². The van der Waals surface area contributed by atoms with Crippen molar-refractivity contribution >= 4 is 26.0 Å². The molecule has 0 radical (unpaired) electrons. The van der Waals surface area contributed by atoms with Crippen molar-refractivity contribution in [2.24, 2.45) is 40.4 Å². The van der Waals surface area contributed by atoms with Crippen LogP contribution in [0.15, 0.2) is 0 Å². The monoisotopic (exact) mass is 452 g/mol. The Morgan fingerprint density at radius 3 is 2.45 bits per heavy atom. The van der Waals surface area contributed by atoms with Gasteiger partial charge in [-0.2, -0.15) is 0 Å². The molecule has 0 aliphatic heterocycles. The van der Waals surface area contributed by atoms with Crippen LogP contribution in [0.5, 0.6) is 0 Å². The molecule has 4 aliphatic carbocycles. The molecule has 4 aliphatic rings. The molecule has 0 aromatic rings. The molecule has 4 fully saturated rings. The number of fused-ring (bicyclic) bond motifs is 5. The third kappa shape index (κ3) is 4.41. The van der Waals surface area contributed by atoms with E-state index in [-0.39, 0.29) is 52.8 Å². The second-order valence-corrected chi connectivity index (χ2v) is 12.7. The predicted octanol–water partition coefficient (Wildman–Crippen LogP) is 0.388. The Labute approximate surface area is 202 Å². The molecular weight excluding hydrogens is 419 g/mol. The van der Waals surface area contributed by atoms with Crippen molar-refractivity contribution in [2.75, 3.05) is 6.61 Å². The summed E-state index contributed by atoms with van der Waals surface area (Å²) in [5.41, 5.74) is 0.273. The fourth-order valence-corrected chi connectivity index (χ4v) is 8.40. The number of rotatable bonds is 4. The van der Waals surface area contributed by atoms with Gasteiger partial charge in [-0.25, -0.2) is 4.21 Å². The normalized spacial score (nSPS) is 48.4. The first kappa shape index (κ1) is 24.6. The van der Waals surface area contributed by atoms with Crippen LogP contribution in [-0.2, 0) is 29.2 Å². The van der Waals surface area contributed by atoms with Crippen LogP contribution in [0.4, 0.5) is 0 Å². The van der Waals surface area contributed by atoms with E-state index in [1.807, 2.05) is 0 Å². The van der Waals surface area contributed by atoms with Crippen molar-refractivity contribution in [3.8, 4) is 0 Å². The van der Waals surface area contributed by atoms with Crippen LogP contribution in [-0.4, -0.2) is 32.4 Å². The molecule has 0 spiro atoms. The summed E-state index contributed by atoms with van der Waals surface area (Å²) in [6, 6.07) is 0. The van der Waals surface area contributed by atoms with Crippen LogP contribution in [0.3, 0.4) is 0 Å². The summed E-state index contributed by atoms with van der Waals surface area (Å²) in [7, 11) is -4.00. The maximum atomic E-state index is 12.8. The maximum absolute atomic E-state index is 12.8. The zero-order valence-corrected chi connectivity index (χ0v) is 21.6. The van der Waals surface area contributed by atoms with Gasteiger partial charge < -0.3 is 9.66 Å². The molecule has 160 valence electrons. The molecule has 4 unspecified atom stereocenters. The molecule has 0 heterocycles. The van der Waals surface area contributed by atoms with Gasteiger partial charge in [0.25, 0.3) is 0 Å². The van der Waals surface area contributed by atoms with Gasteiger partial charge in [-0.3, -0.25) is 8.98 Å². The van der Waals surface area contributed by atoms with E-state index in [2.05, 4.69) is 29.2 Å². The van der Waals surface area contributed by atoms with Crippen molar-refractivity contribution in [3.05, 3.63) is 0 Å². The Morgan fingerprint density at radius 1 is 1.10 bits per heavy atom. The molecule has 8 heteroatoms. The van der Waals surface area contributed by atoms with E-state index < -0.39 is 15.7 Å². The first-order valence-corrected chi connectivity index (χ1v) is 13.2. The average Bonchev–Trinajstić information content (AvgIpc) is 2.97. The second-order valence-electron chi connectivity index (χ2n) is 10.4. The van der Waals surface area contributed by atoms with Crippen molar-refractivity contribution in [1.82, 2.24) is 0 Å². The predicted molar refractivity (Wildman–Crippen MR) is 108 cm³/mol. The Kier molecular flexibility index (Phi) is 7.36. The van der Waals surface area contributed by atoms with E-state index >= 15 is 0 Å². The van der Waals surface area contributed by atoms with Gasteiger partial charge in [-0.15, -0.1) is 0 Å². The topological polar surface area (TPSA) is 86.7 Å². The second kappa shape index (κ2) is 8.69. The first-order valence-electron chi connectivity index (χ1n) is 10.9. The van der Waals surface area contributed by atoms with Gasteiger partial charge in [0, 0.05) is 5.92 Å². The summed E-state index contributed by atoms with van der Waals surface area (Å²) in [5, 5.41) is 10.2. The zero-order chi connectivity index (χ0) is 20.3. The largest absolute Gasteiger partial charge is 1.00 e. The average molecular weight is 453 g/mol. The minimum atomic E-state index is -4.00. The summed E-state index contributed by atoms with van der Waals surface area (Å²) >= 11 is 4.25. The molecule has 0 amide bonds. The molecule has 0 bridgehead atoms. The Balaban J connectivity index is 0.00000240. The van der Waals surface area contributed by atoms with Crippen LogP contribution < -0.4 is 29.6 Å². The van der Waals surface area contributed by atoms with Gasteiger partial charge in [0.15, 0.2) is 5.78 Å². The summed E-state index contributed by atoms with van der Waals surface area (Å²) in [6.45, 7) is 4.30. The molecule has 0 aromatic carbocycles. The molecule has 0 aromatic heterocycles. The maximum Gasteiger partial charge on any atom is 1.00 e. The van der Waals surface area contributed by atoms with Crippen molar-refractivity contribution in [1.29, 1.82) is 0 Å². The SMILES string of the molecule is C[C@]12CCC3C(CC[C@H]4C[C@H](O)CC[C@]34C)C1CC[C@@H]2C(=O)COS(=O)([O-])=S.[Na+]. The number of hydrogen-bond acceptors (Lipinski definition) is 6. The third-order valence-electron chi connectivity index (χ3n) is 9.37. The summed E-state index contributed by atoms with van der Waals surface area (Å²) in [4.78, 5) is 12.8. The van der Waals surface area contributed by atoms with E-state index in [0.717, 1.165) is 44.9 Å². The van der Waals surface area contributed by atoms with Gasteiger partial charge in [0.2, 0.25) is 0 Å². The summed E-state index contributed by atoms with van der Waals surface area (Å²) in [6.07, 6.45) is 9.33. The quantitative estimate of drug-likeness (QED) is 0.621. The minimum Gasteiger partial charge on any atom is -0.748 e. The number of aliphatic hydroxyl groups is 1. The zero-order valence-electron chi connectivity index (χ0n) is 17.9. The standard InChI is InChI=1S/C21H34O5S2.Na/c1-20-9-7-14(22)11-13(20)3-4-15-16-5-6-18(19(23)12-26-28(24,25)27)21(16,2)10-8-17(15)20;/h13-18,22H,3-12H2,1-2H3,(H,24,25,27);/q;+1/p-1/t13-,14+,15?,16?,17?,18+,20-,21-;/m0./s1. The van der Waals surface area contributed by atoms with Gasteiger partial charge >= 0.3 is 29.6 Å². The number of ketones is 1. The Morgan fingerprint density at radius 2 is 1.76 bits per heavy atom. The van der Waals surface area contributed by atoms with Crippen LogP contribution in [0.1, 0.15) is 71.6 Å². The molecule has 9 atom stereocenters. The van der Waals surface area contributed by atoms with Gasteiger partial charge in [-0.1, -0.05) is 13.8 Å². The fraction of sp³-hybridized carbons (Fsp3) is 0.952. The van der Waals surface area contributed by atoms with E-state index in [4.69, 9.17) is 0 Å². The number of hydrogen-bond donors (Lipinski definition) is 1. The molecule has 4 saturated carbocycles. The summed E-state index contributed by atoms with van der Waals surface area (Å²) in [5.74, 6) is 2.29. The van der Waals surface area contributed by atoms with Crippen LogP contribution in [0.2, 0.25) is 0 Å². The Hall–Kier alpha value is 0.920. The summed E-state index contributed by atoms with van der Waals surface area (Å²) < 4.78 is 26.9. The number of Topliss-reactive ketones (excluding diaryl/α,β-unsaturated/α-hetero) is 1. The minimum absolute atomic E-state index is 0. The van der Waals surface area contributed by atoms with Crippen LogP contribution in [0, 0.1) is 40.4 Å². The van der Waals surface area contributed by atoms with E-state index in [1.54, 1.807) is 0 Å². The Bertz CT molecular complexity index is 743. The molecular formula is C21H33NaO5S2. The first-order chi connectivity index (χ1) is 13.0. The van der Waals surface area contributed by atoms with Crippen LogP contribution >= 0.6 is 0 Å². The van der Waals surface area contributed by atoms with E-state index in [0.29, 0.717) is 29.1 Å². The molecule has 29 heavy (non-hydrogen) atoms. The fourth-order valence-electron chi connectivity index (χ4n) is 8.00. The number of carbonyl (C=O) groups excluding carboxylic acids is 1. The van der Waals surface area contributed by atoms with Gasteiger partial charge in [0.05, 0.1) is 15.2 Å². The molecule has 1 N–H and O–H groups in total. The molecule has 0 saturated heterocycles. The van der Waals surface area contributed by atoms with Crippen LogP contribution in [0.25, 0.3) is 0 Å². The van der Waals surface area contributed by atoms with Gasteiger partial charge in [-0.05, 0) is 103 Å². The molecule has 4 rings (SSSR count). The van der Waals surface area contributed by atoms with E-state index in [1.165, 1.54) is 12.8 Å². The van der Waals surface area contributed by atoms with E-state index in [9.17, 15) is 18.7 Å². The smallest absolute Gasteiger partial charge is 0.748 e. The third-order valence-corrected chi connectivity index (χ3v) is 10.1. The molecule has 5 nitrogen and oxygen atoms in total. The number of aliphatic hydroxyl groups excluding tert-OH is 1. The van der Waals surface area contributed by atoms with Crippen molar-refractivity contribution in [2.45, 2.75) is 77.7 Å². The van der Waals surface area contributed by atoms with Crippen molar-refractivity contribution < 1.29 is 52.4 Å².